The monoisotopic (exact) mass is 195 g/mol. The van der Waals surface area contributed by atoms with E-state index in [-0.39, 0.29) is 0 Å². The van der Waals surface area contributed by atoms with Crippen LogP contribution in [0.15, 0.2) is 0 Å². The van der Waals surface area contributed by atoms with Gasteiger partial charge in [0.25, 0.3) is 0 Å². The smallest absolute Gasteiger partial charge is 0.301 e. The Labute approximate surface area is 85.1 Å². The van der Waals surface area contributed by atoms with Gasteiger partial charge in [0.2, 0.25) is 0 Å². The average molecular weight is 195 g/mol. The first-order valence-electron chi connectivity index (χ1n) is 5.73. The van der Waals surface area contributed by atoms with Gasteiger partial charge in [0, 0.05) is 0 Å². The van der Waals surface area contributed by atoms with Crippen LogP contribution in [0.5, 0.6) is 0 Å². The zero-order valence-electron chi connectivity index (χ0n) is 8.99. The first kappa shape index (κ1) is 8.86. The molecule has 3 heteroatoms. The summed E-state index contributed by atoms with van der Waals surface area (Å²) in [6.45, 7) is 4.24. The zero-order chi connectivity index (χ0) is 9.92. The molecule has 78 valence electrons. The van der Waals surface area contributed by atoms with Crippen molar-refractivity contribution in [2.75, 3.05) is 20.1 Å². The van der Waals surface area contributed by atoms with E-state index in [0.717, 1.165) is 19.5 Å². The van der Waals surface area contributed by atoms with Gasteiger partial charge in [-0.2, -0.15) is 0 Å². The molecule has 1 amide bonds. The lowest BCUT2D eigenvalue weighted by Gasteiger charge is -2.51. The molecule has 0 spiro atoms. The van der Waals surface area contributed by atoms with Gasteiger partial charge < -0.3 is 5.32 Å². The first-order chi connectivity index (χ1) is 6.58. The van der Waals surface area contributed by atoms with E-state index in [0.29, 0.717) is 34.3 Å². The van der Waals surface area contributed by atoms with Crippen LogP contribution < -0.4 is 5.32 Å². The molecule has 14 heavy (non-hydrogen) atoms. The van der Waals surface area contributed by atoms with Gasteiger partial charge in [-0.25, -0.2) is 4.79 Å². The number of nitrogens with zero attached hydrogens (tertiary/aromatic N) is 1. The molecule has 0 radical (unpaired) electrons. The van der Waals surface area contributed by atoms with Gasteiger partial charge >= 0.3 is 5.91 Å². The van der Waals surface area contributed by atoms with Crippen molar-refractivity contribution in [3.05, 3.63) is 0 Å². The Balaban J connectivity index is 1.73. The molecule has 1 saturated carbocycles. The van der Waals surface area contributed by atoms with Crippen molar-refractivity contribution >= 4 is 5.91 Å². The van der Waals surface area contributed by atoms with Crippen LogP contribution in [0.4, 0.5) is 0 Å². The Morgan fingerprint density at radius 3 is 2.21 bits per heavy atom. The molecule has 4 fully saturated rings. The van der Waals surface area contributed by atoms with Crippen molar-refractivity contribution in [1.29, 1.82) is 0 Å². The third kappa shape index (κ3) is 1.15. The number of likely N-dealkylation sites (N-methyl/N-ethyl adjacent to an activating group) is 1. The van der Waals surface area contributed by atoms with Crippen molar-refractivity contribution < 1.29 is 9.28 Å². The summed E-state index contributed by atoms with van der Waals surface area (Å²) in [4.78, 5) is 12.2. The molecule has 4 aliphatic rings. The van der Waals surface area contributed by atoms with Gasteiger partial charge in [-0.3, -0.25) is 4.48 Å². The topological polar surface area (TPSA) is 29.1 Å². The molecule has 0 aromatic heterocycles. The molecule has 3 nitrogen and oxygen atoms in total. The fourth-order valence-electron chi connectivity index (χ4n) is 3.20. The lowest BCUT2D eigenvalue weighted by atomic mass is 9.89. The van der Waals surface area contributed by atoms with Gasteiger partial charge in [0.1, 0.15) is 13.1 Å². The summed E-state index contributed by atoms with van der Waals surface area (Å²) >= 11 is 0. The van der Waals surface area contributed by atoms with Crippen LogP contribution in [0, 0.1) is 11.8 Å². The molecule has 1 N–H and O–H groups in total. The molecule has 0 aromatic rings. The molecule has 4 unspecified atom stereocenters. The van der Waals surface area contributed by atoms with E-state index >= 15 is 0 Å². The van der Waals surface area contributed by atoms with Gasteiger partial charge in [-0.05, 0) is 18.8 Å². The predicted octanol–water partition coefficient (Wildman–Crippen LogP) is 0.360. The molecule has 3 aliphatic heterocycles. The number of rotatable bonds is 1. The van der Waals surface area contributed by atoms with Crippen LogP contribution in [-0.4, -0.2) is 42.6 Å². The van der Waals surface area contributed by atoms with E-state index in [1.807, 2.05) is 0 Å². The quantitative estimate of drug-likeness (QED) is 0.612. The SMILES string of the molecule is CC1CC1C(=O)[N+]1(C)CC2CC(C1)N2. The van der Waals surface area contributed by atoms with Gasteiger partial charge in [0.15, 0.2) is 0 Å². The second-order valence-electron chi connectivity index (χ2n) is 5.71. The number of piperidine rings is 1. The molecular weight excluding hydrogens is 176 g/mol. The molecule has 3 saturated heterocycles. The van der Waals surface area contributed by atoms with Crippen molar-refractivity contribution in [3.8, 4) is 0 Å². The summed E-state index contributed by atoms with van der Waals surface area (Å²) in [6.07, 6.45) is 2.43. The van der Waals surface area contributed by atoms with Crippen LogP contribution in [0.2, 0.25) is 0 Å². The number of quaternary nitrogens is 1. The normalized spacial score (nSPS) is 55.0. The second kappa shape index (κ2) is 2.58. The number of nitrogens with one attached hydrogen (secondary N) is 1. The van der Waals surface area contributed by atoms with Crippen molar-refractivity contribution in [3.63, 3.8) is 0 Å². The minimum atomic E-state index is 0.387. The number of hydrogen-bond donors (Lipinski definition) is 1. The Kier molecular flexibility index (Phi) is 1.63. The number of amides is 1. The van der Waals surface area contributed by atoms with Crippen molar-refractivity contribution in [1.82, 2.24) is 5.32 Å². The van der Waals surface area contributed by atoms with E-state index in [1.165, 1.54) is 6.42 Å². The molecule has 4 atom stereocenters. The van der Waals surface area contributed by atoms with Gasteiger partial charge in [-0.1, -0.05) is 6.92 Å². The number of carbonyl (C=O) groups excluding carboxylic acids is 1. The Morgan fingerprint density at radius 2 is 1.79 bits per heavy atom. The molecule has 1 aliphatic carbocycles. The highest BCUT2D eigenvalue weighted by molar-refractivity contribution is 5.75. The summed E-state index contributed by atoms with van der Waals surface area (Å²) in [5, 5.41) is 3.49. The number of fused-ring (bicyclic) bond motifs is 2. The maximum absolute atomic E-state index is 12.2. The van der Waals surface area contributed by atoms with E-state index in [4.69, 9.17) is 0 Å². The Hall–Kier alpha value is -0.410. The minimum Gasteiger partial charge on any atom is -0.301 e. The fourth-order valence-corrected chi connectivity index (χ4v) is 3.20. The lowest BCUT2D eigenvalue weighted by molar-refractivity contribution is -0.850. The highest BCUT2D eigenvalue weighted by atomic mass is 16.2. The third-order valence-electron chi connectivity index (χ3n) is 4.25. The van der Waals surface area contributed by atoms with Crippen LogP contribution in [0.1, 0.15) is 19.8 Å². The molecule has 2 bridgehead atoms. The minimum absolute atomic E-state index is 0.387. The maximum atomic E-state index is 12.2. The van der Waals surface area contributed by atoms with E-state index < -0.39 is 0 Å². The number of piperazine rings is 1. The molecule has 4 rings (SSSR count). The highest BCUT2D eigenvalue weighted by Gasteiger charge is 2.54. The first-order valence-corrected chi connectivity index (χ1v) is 5.73. The summed E-state index contributed by atoms with van der Waals surface area (Å²) in [5.41, 5.74) is 0. The van der Waals surface area contributed by atoms with Gasteiger partial charge in [-0.15, -0.1) is 0 Å². The second-order valence-corrected chi connectivity index (χ2v) is 5.71. The average Bonchev–Trinajstić information content (AvgIpc) is 2.79. The van der Waals surface area contributed by atoms with Crippen LogP contribution in [-0.2, 0) is 4.79 Å². The van der Waals surface area contributed by atoms with E-state index in [9.17, 15) is 4.79 Å². The van der Waals surface area contributed by atoms with Gasteiger partial charge in [0.05, 0.1) is 25.0 Å². The third-order valence-corrected chi connectivity index (χ3v) is 4.25. The summed E-state index contributed by atoms with van der Waals surface area (Å²) in [5.74, 6) is 1.55. The fraction of sp³-hybridized carbons (Fsp3) is 0.909. The largest absolute Gasteiger partial charge is 0.316 e. The summed E-state index contributed by atoms with van der Waals surface area (Å²) < 4.78 is 0.706. The standard InChI is InChI=1S/C11H19N2O/c1-7-3-10(7)11(14)13(2)5-8-4-9(6-13)12-8/h7-10,12H,3-6H2,1-2H3/q+1. The summed E-state index contributed by atoms with van der Waals surface area (Å²) in [7, 11) is 2.13. The molecular formula is C11H19N2O+. The predicted molar refractivity (Wildman–Crippen MR) is 53.5 cm³/mol. The molecule has 0 aromatic carbocycles. The van der Waals surface area contributed by atoms with Crippen molar-refractivity contribution in [2.24, 2.45) is 11.8 Å². The number of hydrogen-bond acceptors (Lipinski definition) is 2. The Morgan fingerprint density at radius 1 is 1.29 bits per heavy atom. The molecule has 3 heterocycles. The van der Waals surface area contributed by atoms with E-state index in [2.05, 4.69) is 19.3 Å². The van der Waals surface area contributed by atoms with Crippen LogP contribution in [0.25, 0.3) is 0 Å². The zero-order valence-corrected chi connectivity index (χ0v) is 8.99. The van der Waals surface area contributed by atoms with Crippen molar-refractivity contribution in [2.45, 2.75) is 31.8 Å². The number of carbonyl (C=O) groups is 1. The Bertz CT molecular complexity index is 273. The highest BCUT2D eigenvalue weighted by Crippen LogP contribution is 2.42. The maximum Gasteiger partial charge on any atom is 0.316 e. The van der Waals surface area contributed by atoms with Crippen LogP contribution in [0.3, 0.4) is 0 Å². The van der Waals surface area contributed by atoms with Crippen LogP contribution >= 0.6 is 0 Å². The van der Waals surface area contributed by atoms with E-state index in [1.54, 1.807) is 0 Å². The lowest BCUT2D eigenvalue weighted by Crippen LogP contribution is -2.74. The summed E-state index contributed by atoms with van der Waals surface area (Å²) in [6, 6.07) is 1.24.